The second kappa shape index (κ2) is 17.1. The van der Waals surface area contributed by atoms with Gasteiger partial charge in [0, 0.05) is 0 Å². The van der Waals surface area contributed by atoms with Crippen molar-refractivity contribution >= 4 is 29.5 Å². The molecule has 2 aromatic carbocycles. The molecule has 3 N–H and O–H groups in total. The number of nitrogens with one attached hydrogen (secondary N) is 3. The van der Waals surface area contributed by atoms with Gasteiger partial charge in [-0.2, -0.15) is 0 Å². The first kappa shape index (κ1) is 33.3. The third kappa shape index (κ3) is 10.5. The zero-order valence-corrected chi connectivity index (χ0v) is 24.0. The Morgan fingerprint density at radius 3 is 2.33 bits per heavy atom. The van der Waals surface area contributed by atoms with Gasteiger partial charge in [0.25, 0.3) is 11.8 Å². The summed E-state index contributed by atoms with van der Waals surface area (Å²) in [5.41, 5.74) is 0.213. The van der Waals surface area contributed by atoms with Crippen molar-refractivity contribution in [1.29, 1.82) is 0 Å². The molecule has 1 unspecified atom stereocenters. The van der Waals surface area contributed by atoms with Crippen LogP contribution in [-0.2, 0) is 35.3 Å². The average molecular weight is 602 g/mol. The van der Waals surface area contributed by atoms with Gasteiger partial charge in [-0.25, -0.2) is 8.78 Å². The Hall–Kier alpha value is -4.19. The lowest BCUT2D eigenvalue weighted by molar-refractivity contribution is -0.146. The first-order chi connectivity index (χ1) is 20.7. The second-order valence-electron chi connectivity index (χ2n) is 10.3. The first-order valence-electron chi connectivity index (χ1n) is 14.3. The van der Waals surface area contributed by atoms with Crippen LogP contribution in [0.4, 0.5) is 8.78 Å². The minimum Gasteiger partial charge on any atom is -0.465 e. The predicted molar refractivity (Wildman–Crippen MR) is 151 cm³/mol. The van der Waals surface area contributed by atoms with Crippen molar-refractivity contribution in [3.8, 4) is 0 Å². The maximum atomic E-state index is 14.3. The van der Waals surface area contributed by atoms with Gasteiger partial charge in [-0.3, -0.25) is 24.0 Å². The summed E-state index contributed by atoms with van der Waals surface area (Å²) >= 11 is 0. The highest BCUT2D eigenvalue weighted by Crippen LogP contribution is 2.27. The highest BCUT2D eigenvalue weighted by molar-refractivity contribution is 6.38. The number of ketones is 1. The molecule has 0 spiro atoms. The molecule has 232 valence electrons. The van der Waals surface area contributed by atoms with Crippen LogP contribution in [0.25, 0.3) is 0 Å². The van der Waals surface area contributed by atoms with Gasteiger partial charge in [-0.1, -0.05) is 68.5 Å². The molecule has 10 nitrogen and oxygen atoms in total. The van der Waals surface area contributed by atoms with Gasteiger partial charge < -0.3 is 25.4 Å². The van der Waals surface area contributed by atoms with E-state index in [9.17, 15) is 32.8 Å². The molecule has 2 aromatic rings. The molecular formula is C31H37F2N3O7. The summed E-state index contributed by atoms with van der Waals surface area (Å²) in [6.45, 7) is 0.804. The largest absolute Gasteiger partial charge is 0.465 e. The van der Waals surface area contributed by atoms with Gasteiger partial charge in [-0.15, -0.1) is 0 Å². The molecule has 2 atom stereocenters. The summed E-state index contributed by atoms with van der Waals surface area (Å²) in [6, 6.07) is 9.46. The summed E-state index contributed by atoms with van der Waals surface area (Å²) < 4.78 is 38.5. The molecule has 1 aliphatic carbocycles. The van der Waals surface area contributed by atoms with Crippen molar-refractivity contribution in [3.05, 3.63) is 71.3 Å². The lowest BCUT2D eigenvalue weighted by Gasteiger charge is -2.28. The monoisotopic (exact) mass is 601 g/mol. The van der Waals surface area contributed by atoms with Crippen LogP contribution in [0.5, 0.6) is 0 Å². The number of Topliss-reactive ketones (excluding diaryl/α,β-unsaturated/α-hetero) is 1. The number of hydrogen-bond donors (Lipinski definition) is 3. The molecule has 1 aliphatic rings. The number of carbonyl (C=O) groups is 5. The van der Waals surface area contributed by atoms with Crippen molar-refractivity contribution < 1.29 is 42.2 Å². The third-order valence-electron chi connectivity index (χ3n) is 7.06. The van der Waals surface area contributed by atoms with Crippen LogP contribution >= 0.6 is 0 Å². The number of esters is 1. The van der Waals surface area contributed by atoms with E-state index in [4.69, 9.17) is 9.47 Å². The average Bonchev–Trinajstić information content (AvgIpc) is 3.01. The fraction of sp³-hybridized carbons (Fsp3) is 0.452. The number of ether oxygens (including phenoxy) is 2. The Morgan fingerprint density at radius 2 is 1.63 bits per heavy atom. The lowest BCUT2D eigenvalue weighted by atomic mass is 9.84. The Bertz CT molecular complexity index is 1270. The molecule has 0 aromatic heterocycles. The maximum Gasteiger partial charge on any atom is 0.325 e. The van der Waals surface area contributed by atoms with Crippen molar-refractivity contribution in [2.45, 2.75) is 64.1 Å². The van der Waals surface area contributed by atoms with Crippen LogP contribution in [-0.4, -0.2) is 61.3 Å². The second-order valence-corrected chi connectivity index (χ2v) is 10.3. The number of benzene rings is 2. The summed E-state index contributed by atoms with van der Waals surface area (Å²) in [4.78, 5) is 63.8. The number of rotatable bonds is 15. The SMILES string of the molecule is CCOC(=O)CNC(=O)C(=O)C(COCc1ccccc1)NC(=O)[C@H](CC1CCCCC1)NC(=O)c1cccc(F)c1F. The van der Waals surface area contributed by atoms with Crippen molar-refractivity contribution in [2.24, 2.45) is 5.92 Å². The van der Waals surface area contributed by atoms with E-state index in [1.165, 1.54) is 6.07 Å². The number of hydrogen-bond acceptors (Lipinski definition) is 7. The molecule has 3 amide bonds. The number of carbonyl (C=O) groups excluding carboxylic acids is 5. The molecule has 0 radical (unpaired) electrons. The van der Waals surface area contributed by atoms with Crippen LogP contribution in [0.3, 0.4) is 0 Å². The standard InChI is InChI=1S/C31H37F2N3O7/c1-2-43-26(37)17-34-31(41)28(38)25(19-42-18-21-12-7-4-8-13-21)36-30(40)24(16-20-10-5-3-6-11-20)35-29(39)22-14-9-15-23(32)27(22)33/h4,7-9,12-15,20,24-25H,2-3,5-6,10-11,16-19H2,1H3,(H,34,41)(H,35,39)(H,36,40)/t24-,25?/m0/s1. The Labute approximate surface area is 248 Å². The Morgan fingerprint density at radius 1 is 0.907 bits per heavy atom. The molecule has 43 heavy (non-hydrogen) atoms. The van der Waals surface area contributed by atoms with Crippen molar-refractivity contribution in [3.63, 3.8) is 0 Å². The van der Waals surface area contributed by atoms with Gasteiger partial charge in [0.1, 0.15) is 18.6 Å². The zero-order valence-electron chi connectivity index (χ0n) is 24.0. The van der Waals surface area contributed by atoms with E-state index in [2.05, 4.69) is 16.0 Å². The molecule has 1 saturated carbocycles. The quantitative estimate of drug-likeness (QED) is 0.211. The summed E-state index contributed by atoms with van der Waals surface area (Å²) in [5.74, 6) is -7.25. The third-order valence-corrected chi connectivity index (χ3v) is 7.06. The molecule has 12 heteroatoms. The van der Waals surface area contributed by atoms with E-state index >= 15 is 0 Å². The molecule has 0 bridgehead atoms. The topological polar surface area (TPSA) is 140 Å². The van der Waals surface area contributed by atoms with E-state index in [-0.39, 0.29) is 25.6 Å². The lowest BCUT2D eigenvalue weighted by Crippen LogP contribution is -2.56. The van der Waals surface area contributed by atoms with Crippen LogP contribution in [0, 0.1) is 17.6 Å². The minimum atomic E-state index is -1.48. The first-order valence-corrected chi connectivity index (χ1v) is 14.3. The minimum absolute atomic E-state index is 0.0681. The Balaban J connectivity index is 1.77. The zero-order chi connectivity index (χ0) is 31.2. The highest BCUT2D eigenvalue weighted by atomic mass is 19.2. The smallest absolute Gasteiger partial charge is 0.325 e. The van der Waals surface area contributed by atoms with Gasteiger partial charge in [-0.05, 0) is 37.0 Å². The van der Waals surface area contributed by atoms with E-state index in [1.54, 1.807) is 31.2 Å². The van der Waals surface area contributed by atoms with Crippen molar-refractivity contribution in [1.82, 2.24) is 16.0 Å². The van der Waals surface area contributed by atoms with Crippen LogP contribution in [0.2, 0.25) is 0 Å². The molecular weight excluding hydrogens is 564 g/mol. The molecule has 0 aliphatic heterocycles. The predicted octanol–water partition coefficient (Wildman–Crippen LogP) is 2.98. The van der Waals surface area contributed by atoms with Gasteiger partial charge in [0.05, 0.1) is 25.4 Å². The summed E-state index contributed by atoms with van der Waals surface area (Å²) in [5, 5.41) is 7.15. The van der Waals surface area contributed by atoms with Gasteiger partial charge in [0.2, 0.25) is 11.7 Å². The number of amides is 3. The fourth-order valence-corrected chi connectivity index (χ4v) is 4.84. The van der Waals surface area contributed by atoms with Crippen LogP contribution in [0.1, 0.15) is 61.4 Å². The van der Waals surface area contributed by atoms with E-state index in [0.717, 1.165) is 49.8 Å². The van der Waals surface area contributed by atoms with E-state index < -0.39 is 71.9 Å². The van der Waals surface area contributed by atoms with Crippen LogP contribution < -0.4 is 16.0 Å². The number of halogens is 2. The molecule has 3 rings (SSSR count). The van der Waals surface area contributed by atoms with Gasteiger partial charge >= 0.3 is 5.97 Å². The maximum absolute atomic E-state index is 14.3. The van der Waals surface area contributed by atoms with E-state index in [1.807, 2.05) is 6.07 Å². The molecule has 1 fully saturated rings. The van der Waals surface area contributed by atoms with Crippen molar-refractivity contribution in [2.75, 3.05) is 19.8 Å². The molecule has 0 heterocycles. The van der Waals surface area contributed by atoms with Crippen LogP contribution in [0.15, 0.2) is 48.5 Å². The van der Waals surface area contributed by atoms with Gasteiger partial charge in [0.15, 0.2) is 11.6 Å². The summed E-state index contributed by atoms with van der Waals surface area (Å²) in [7, 11) is 0. The summed E-state index contributed by atoms with van der Waals surface area (Å²) in [6.07, 6.45) is 4.75. The van der Waals surface area contributed by atoms with E-state index in [0.29, 0.717) is 0 Å². The fourth-order valence-electron chi connectivity index (χ4n) is 4.84. The Kier molecular flexibility index (Phi) is 13.2. The highest BCUT2D eigenvalue weighted by Gasteiger charge is 2.33. The molecule has 0 saturated heterocycles. The normalized spacial score (nSPS) is 14.7.